The zero-order valence-electron chi connectivity index (χ0n) is 12.6. The van der Waals surface area contributed by atoms with Crippen LogP contribution in [-0.2, 0) is 0 Å². The number of amides is 2. The third-order valence-electron chi connectivity index (χ3n) is 3.42. The van der Waals surface area contributed by atoms with Crippen LogP contribution in [0.15, 0.2) is 41.1 Å². The Morgan fingerprint density at radius 2 is 2.00 bits per heavy atom. The first kappa shape index (κ1) is 16.2. The lowest BCUT2D eigenvalue weighted by Gasteiger charge is -2.24. The van der Waals surface area contributed by atoms with Crippen LogP contribution in [0.2, 0.25) is 0 Å². The number of rotatable bonds is 6. The molecule has 116 valence electrons. The normalized spacial score (nSPS) is 12.1. The molecule has 3 N–H and O–H groups in total. The molecule has 0 spiro atoms. The fourth-order valence-corrected chi connectivity index (χ4v) is 2.88. The Labute approximate surface area is 133 Å². The predicted molar refractivity (Wildman–Crippen MR) is 88.0 cm³/mol. The number of primary amides is 1. The van der Waals surface area contributed by atoms with Gasteiger partial charge in [-0.05, 0) is 54.7 Å². The monoisotopic (exact) mass is 317 g/mol. The number of hydrogen-bond acceptors (Lipinski definition) is 4. The standard InChI is InChI=1S/C16H19N3O2S/c1-19(2)14(13-6-7-22-10-13)9-18-16(21)12-5-3-4-11(8-12)15(17)20/h3-8,10,14H,9H2,1-2H3,(H2,17,20)(H,18,21). The largest absolute Gasteiger partial charge is 0.366 e. The van der Waals surface area contributed by atoms with E-state index in [2.05, 4.69) is 21.7 Å². The van der Waals surface area contributed by atoms with Crippen LogP contribution < -0.4 is 11.1 Å². The summed E-state index contributed by atoms with van der Waals surface area (Å²) in [6.45, 7) is 0.489. The fraction of sp³-hybridized carbons (Fsp3) is 0.250. The maximum Gasteiger partial charge on any atom is 0.251 e. The highest BCUT2D eigenvalue weighted by atomic mass is 32.1. The van der Waals surface area contributed by atoms with E-state index < -0.39 is 5.91 Å². The van der Waals surface area contributed by atoms with E-state index in [4.69, 9.17) is 5.73 Å². The minimum Gasteiger partial charge on any atom is -0.366 e. The van der Waals surface area contributed by atoms with E-state index in [1.54, 1.807) is 29.5 Å². The van der Waals surface area contributed by atoms with Crippen molar-refractivity contribution in [3.05, 3.63) is 57.8 Å². The van der Waals surface area contributed by atoms with Gasteiger partial charge in [-0.2, -0.15) is 11.3 Å². The molecule has 0 aliphatic carbocycles. The lowest BCUT2D eigenvalue weighted by molar-refractivity contribution is 0.0942. The van der Waals surface area contributed by atoms with Crippen LogP contribution in [0.5, 0.6) is 0 Å². The van der Waals surface area contributed by atoms with Crippen molar-refractivity contribution in [2.45, 2.75) is 6.04 Å². The first-order valence-corrected chi connectivity index (χ1v) is 7.80. The molecule has 5 nitrogen and oxygen atoms in total. The van der Waals surface area contributed by atoms with Gasteiger partial charge in [0.25, 0.3) is 5.91 Å². The average molecular weight is 317 g/mol. The molecule has 22 heavy (non-hydrogen) atoms. The molecule has 0 aliphatic heterocycles. The highest BCUT2D eigenvalue weighted by Crippen LogP contribution is 2.20. The van der Waals surface area contributed by atoms with Crippen LogP contribution in [0.25, 0.3) is 0 Å². The van der Waals surface area contributed by atoms with Gasteiger partial charge in [-0.3, -0.25) is 9.59 Å². The maximum atomic E-state index is 12.2. The van der Waals surface area contributed by atoms with Crippen molar-refractivity contribution in [1.82, 2.24) is 10.2 Å². The molecule has 0 saturated heterocycles. The van der Waals surface area contributed by atoms with Gasteiger partial charge >= 0.3 is 0 Å². The van der Waals surface area contributed by atoms with E-state index in [-0.39, 0.29) is 11.9 Å². The molecular formula is C16H19N3O2S. The van der Waals surface area contributed by atoms with Crippen molar-refractivity contribution in [1.29, 1.82) is 0 Å². The number of likely N-dealkylation sites (N-methyl/N-ethyl adjacent to an activating group) is 1. The zero-order chi connectivity index (χ0) is 16.1. The molecule has 1 atom stereocenters. The van der Waals surface area contributed by atoms with Gasteiger partial charge in [-0.25, -0.2) is 0 Å². The number of hydrogen-bond donors (Lipinski definition) is 2. The molecule has 1 heterocycles. The van der Waals surface area contributed by atoms with Crippen LogP contribution in [0.1, 0.15) is 32.3 Å². The third-order valence-corrected chi connectivity index (χ3v) is 4.12. The van der Waals surface area contributed by atoms with Crippen LogP contribution in [0.4, 0.5) is 0 Å². The number of nitrogens with zero attached hydrogens (tertiary/aromatic N) is 1. The fourth-order valence-electron chi connectivity index (χ4n) is 2.17. The second kappa shape index (κ2) is 7.20. The molecule has 1 aromatic carbocycles. The van der Waals surface area contributed by atoms with Crippen molar-refractivity contribution in [3.63, 3.8) is 0 Å². The summed E-state index contributed by atoms with van der Waals surface area (Å²) in [6.07, 6.45) is 0. The van der Waals surface area contributed by atoms with Crippen LogP contribution in [0.3, 0.4) is 0 Å². The highest BCUT2D eigenvalue weighted by molar-refractivity contribution is 7.07. The van der Waals surface area contributed by atoms with Gasteiger partial charge in [0.2, 0.25) is 5.91 Å². The summed E-state index contributed by atoms with van der Waals surface area (Å²) >= 11 is 1.63. The Balaban J connectivity index is 2.05. The highest BCUT2D eigenvalue weighted by Gasteiger charge is 2.16. The van der Waals surface area contributed by atoms with Crippen LogP contribution >= 0.6 is 11.3 Å². The maximum absolute atomic E-state index is 12.2. The van der Waals surface area contributed by atoms with Gasteiger partial charge in [0.15, 0.2) is 0 Å². The number of nitrogens with two attached hydrogens (primary N) is 1. The lowest BCUT2D eigenvalue weighted by atomic mass is 10.1. The second-order valence-electron chi connectivity index (χ2n) is 5.19. The van der Waals surface area contributed by atoms with Gasteiger partial charge in [0.1, 0.15) is 0 Å². The van der Waals surface area contributed by atoms with E-state index in [9.17, 15) is 9.59 Å². The van der Waals surface area contributed by atoms with Crippen LogP contribution in [0, 0.1) is 0 Å². The molecule has 0 bridgehead atoms. The molecule has 2 rings (SSSR count). The van der Waals surface area contributed by atoms with E-state index in [1.165, 1.54) is 11.6 Å². The summed E-state index contributed by atoms with van der Waals surface area (Å²) in [6, 6.07) is 8.57. The third kappa shape index (κ3) is 3.93. The first-order chi connectivity index (χ1) is 10.5. The topological polar surface area (TPSA) is 75.4 Å². The van der Waals surface area contributed by atoms with Gasteiger partial charge < -0.3 is 16.0 Å². The Kier molecular flexibility index (Phi) is 5.30. The molecule has 0 fully saturated rings. The zero-order valence-corrected chi connectivity index (χ0v) is 13.4. The van der Waals surface area contributed by atoms with E-state index in [0.717, 1.165) is 0 Å². The van der Waals surface area contributed by atoms with Crippen molar-refractivity contribution in [2.75, 3.05) is 20.6 Å². The molecule has 0 aliphatic rings. The molecule has 1 aromatic heterocycles. The average Bonchev–Trinajstić information content (AvgIpc) is 3.01. The molecule has 1 unspecified atom stereocenters. The van der Waals surface area contributed by atoms with Crippen LogP contribution in [-0.4, -0.2) is 37.4 Å². The molecule has 2 amide bonds. The molecule has 0 radical (unpaired) electrons. The molecule has 6 heteroatoms. The van der Waals surface area contributed by atoms with Gasteiger partial charge in [0, 0.05) is 17.7 Å². The Morgan fingerprint density at radius 1 is 1.27 bits per heavy atom. The second-order valence-corrected chi connectivity index (χ2v) is 5.97. The minimum absolute atomic E-state index is 0.106. The van der Waals surface area contributed by atoms with Crippen molar-refractivity contribution in [3.8, 4) is 0 Å². The van der Waals surface area contributed by atoms with E-state index >= 15 is 0 Å². The number of benzene rings is 1. The smallest absolute Gasteiger partial charge is 0.251 e. The summed E-state index contributed by atoms with van der Waals surface area (Å²) in [5, 5.41) is 7.00. The van der Waals surface area contributed by atoms with E-state index in [0.29, 0.717) is 17.7 Å². The number of thiophene rings is 1. The number of carbonyl (C=O) groups excluding carboxylic acids is 2. The summed E-state index contributed by atoms with van der Waals surface area (Å²) in [7, 11) is 3.95. The van der Waals surface area contributed by atoms with E-state index in [1.807, 2.05) is 19.5 Å². The molecule has 2 aromatic rings. The van der Waals surface area contributed by atoms with Crippen molar-refractivity contribution >= 4 is 23.2 Å². The first-order valence-electron chi connectivity index (χ1n) is 6.85. The molecule has 0 saturated carbocycles. The SMILES string of the molecule is CN(C)C(CNC(=O)c1cccc(C(N)=O)c1)c1ccsc1. The predicted octanol–water partition coefficient (Wildman–Crippen LogP) is 1.88. The van der Waals surface area contributed by atoms with Gasteiger partial charge in [0.05, 0.1) is 6.04 Å². The van der Waals surface area contributed by atoms with Crippen molar-refractivity contribution < 1.29 is 9.59 Å². The lowest BCUT2D eigenvalue weighted by Crippen LogP contribution is -2.34. The summed E-state index contributed by atoms with van der Waals surface area (Å²) < 4.78 is 0. The summed E-state index contributed by atoms with van der Waals surface area (Å²) in [5.41, 5.74) is 7.16. The quantitative estimate of drug-likeness (QED) is 0.854. The molecular weight excluding hydrogens is 298 g/mol. The number of carbonyl (C=O) groups is 2. The van der Waals surface area contributed by atoms with Gasteiger partial charge in [-0.15, -0.1) is 0 Å². The summed E-state index contributed by atoms with van der Waals surface area (Å²) in [5.74, 6) is -0.760. The van der Waals surface area contributed by atoms with Crippen molar-refractivity contribution in [2.24, 2.45) is 5.73 Å². The Morgan fingerprint density at radius 3 is 2.59 bits per heavy atom. The number of nitrogens with one attached hydrogen (secondary N) is 1. The summed E-state index contributed by atoms with van der Waals surface area (Å²) in [4.78, 5) is 25.5. The van der Waals surface area contributed by atoms with Gasteiger partial charge in [-0.1, -0.05) is 6.07 Å². The minimum atomic E-state index is -0.543. The Hall–Kier alpha value is -2.18. The Bertz CT molecular complexity index is 653.